The van der Waals surface area contributed by atoms with Crippen molar-refractivity contribution in [2.75, 3.05) is 30.4 Å². The monoisotopic (exact) mass is 580 g/mol. The Hall–Kier alpha value is -1.91. The number of H-pyrrole nitrogens is 1. The van der Waals surface area contributed by atoms with Gasteiger partial charge in [0.1, 0.15) is 0 Å². The summed E-state index contributed by atoms with van der Waals surface area (Å²) in [7, 11) is 0. The highest BCUT2D eigenvalue weighted by Gasteiger charge is 2.30. The van der Waals surface area contributed by atoms with Gasteiger partial charge in [-0.3, -0.25) is 0 Å². The van der Waals surface area contributed by atoms with E-state index in [4.69, 9.17) is 61.6 Å². The van der Waals surface area contributed by atoms with Crippen molar-refractivity contribution in [3.63, 3.8) is 0 Å². The number of anilines is 3. The summed E-state index contributed by atoms with van der Waals surface area (Å²) < 4.78 is 10.8. The molecule has 1 aliphatic heterocycles. The molecule has 0 radical (unpaired) electrons. The molecule has 1 aromatic heterocycles. The standard InChI is InChI=1S/C12H15Cl2N3O2.C10H9Cl2N3.ClH/c1-12(18-5-6-19-12)7-16-11(15)17-10-8(13)3-2-4-9(10)14;1-6-5-13-10(14-6)15-9-7(11)3-2-4-8(9)12;/h2-4H,5-7H2,1H3,(H3,15,16,17);2-5H,1H3,(H2,13,14,15);1H. The molecule has 5 N–H and O–H groups in total. The Balaban J connectivity index is 0.000000246. The number of aliphatic imine (C=N–C) groups is 1. The Morgan fingerprint density at radius 2 is 1.54 bits per heavy atom. The van der Waals surface area contributed by atoms with Crippen molar-refractivity contribution in [2.45, 2.75) is 19.6 Å². The van der Waals surface area contributed by atoms with Crippen LogP contribution in [-0.2, 0) is 9.47 Å². The molecule has 0 atom stereocenters. The number of hydrogen-bond donors (Lipinski definition) is 4. The number of aryl methyl sites for hydroxylation is 1. The van der Waals surface area contributed by atoms with Gasteiger partial charge in [-0.25, -0.2) is 9.98 Å². The Morgan fingerprint density at radius 3 is 2.03 bits per heavy atom. The number of nitrogens with two attached hydrogens (primary N) is 1. The van der Waals surface area contributed by atoms with Crippen LogP contribution in [0.15, 0.2) is 47.6 Å². The fourth-order valence-electron chi connectivity index (χ4n) is 2.87. The zero-order valence-corrected chi connectivity index (χ0v) is 22.7. The zero-order chi connectivity index (χ0) is 24.7. The molecule has 4 rings (SSSR count). The fourth-order valence-corrected chi connectivity index (χ4v) is 3.86. The first-order valence-corrected chi connectivity index (χ1v) is 11.7. The van der Waals surface area contributed by atoms with Gasteiger partial charge in [-0.15, -0.1) is 12.4 Å². The Morgan fingerprint density at radius 1 is 1.03 bits per heavy atom. The first-order chi connectivity index (χ1) is 16.2. The molecule has 8 nitrogen and oxygen atoms in total. The second kappa shape index (κ2) is 13.4. The third-order valence-electron chi connectivity index (χ3n) is 4.56. The molecule has 0 aliphatic carbocycles. The fraction of sp³-hybridized carbons (Fsp3) is 0.273. The summed E-state index contributed by atoms with van der Waals surface area (Å²) in [6.07, 6.45) is 1.73. The van der Waals surface area contributed by atoms with E-state index in [2.05, 4.69) is 25.6 Å². The number of aromatic amines is 1. The van der Waals surface area contributed by atoms with E-state index in [-0.39, 0.29) is 18.4 Å². The van der Waals surface area contributed by atoms with Crippen molar-refractivity contribution in [2.24, 2.45) is 10.7 Å². The predicted molar refractivity (Wildman–Crippen MR) is 147 cm³/mol. The van der Waals surface area contributed by atoms with Crippen molar-refractivity contribution in [3.05, 3.63) is 68.4 Å². The molecule has 2 heterocycles. The first-order valence-electron chi connectivity index (χ1n) is 10.2. The second-order valence-corrected chi connectivity index (χ2v) is 9.02. The lowest BCUT2D eigenvalue weighted by Gasteiger charge is -2.20. The SMILES string of the molecule is CC1(CN=C(N)Nc2c(Cl)cccc2Cl)OCCO1.Cc1cnc(Nc2c(Cl)cccc2Cl)[nH]1.Cl. The molecule has 3 aromatic rings. The van der Waals surface area contributed by atoms with Crippen LogP contribution in [0, 0.1) is 6.92 Å². The smallest absolute Gasteiger partial charge is 0.204 e. The summed E-state index contributed by atoms with van der Waals surface area (Å²) in [5.74, 6) is 0.120. The molecule has 0 unspecified atom stereocenters. The number of halogens is 5. The Labute approximate surface area is 229 Å². The lowest BCUT2D eigenvalue weighted by Crippen LogP contribution is -2.32. The van der Waals surface area contributed by atoms with Gasteiger partial charge >= 0.3 is 0 Å². The number of imidazole rings is 1. The molecule has 0 spiro atoms. The van der Waals surface area contributed by atoms with E-state index in [1.807, 2.05) is 13.8 Å². The maximum atomic E-state index is 6.02. The largest absolute Gasteiger partial charge is 0.370 e. The van der Waals surface area contributed by atoms with Gasteiger partial charge in [-0.2, -0.15) is 0 Å². The maximum absolute atomic E-state index is 6.02. The normalized spacial score (nSPS) is 14.5. The molecule has 2 aromatic carbocycles. The number of nitrogens with one attached hydrogen (secondary N) is 3. The van der Waals surface area contributed by atoms with Crippen molar-refractivity contribution in [1.82, 2.24) is 9.97 Å². The number of ether oxygens (including phenoxy) is 2. The third-order valence-corrected chi connectivity index (χ3v) is 5.82. The molecule has 0 bridgehead atoms. The zero-order valence-electron chi connectivity index (χ0n) is 18.9. The lowest BCUT2D eigenvalue weighted by molar-refractivity contribution is -0.132. The van der Waals surface area contributed by atoms with Crippen LogP contribution >= 0.6 is 58.8 Å². The highest BCUT2D eigenvalue weighted by Crippen LogP contribution is 2.32. The van der Waals surface area contributed by atoms with E-state index < -0.39 is 5.79 Å². The van der Waals surface area contributed by atoms with Crippen LogP contribution < -0.4 is 16.4 Å². The van der Waals surface area contributed by atoms with Crippen LogP contribution in [0.25, 0.3) is 0 Å². The van der Waals surface area contributed by atoms with E-state index in [1.54, 1.807) is 42.6 Å². The third kappa shape index (κ3) is 8.61. The molecule has 0 amide bonds. The number of benzene rings is 2. The molecule has 0 saturated carbocycles. The summed E-state index contributed by atoms with van der Waals surface area (Å²) in [5.41, 5.74) is 7.96. The molecule has 190 valence electrons. The number of para-hydroxylation sites is 2. The highest BCUT2D eigenvalue weighted by molar-refractivity contribution is 6.40. The van der Waals surface area contributed by atoms with Crippen LogP contribution in [0.1, 0.15) is 12.6 Å². The Bertz CT molecular complexity index is 1110. The minimum atomic E-state index is -0.712. The van der Waals surface area contributed by atoms with E-state index in [1.165, 1.54) is 0 Å². The van der Waals surface area contributed by atoms with E-state index in [0.29, 0.717) is 57.2 Å². The Kier molecular flexibility index (Phi) is 11.2. The van der Waals surface area contributed by atoms with Crippen LogP contribution in [0.5, 0.6) is 0 Å². The minimum Gasteiger partial charge on any atom is -0.370 e. The van der Waals surface area contributed by atoms with Gasteiger partial charge in [0.25, 0.3) is 0 Å². The van der Waals surface area contributed by atoms with Crippen molar-refractivity contribution < 1.29 is 9.47 Å². The van der Waals surface area contributed by atoms with Crippen LogP contribution in [-0.4, -0.2) is 41.5 Å². The number of hydrogen-bond acceptors (Lipinski definition) is 5. The number of aromatic nitrogens is 2. The van der Waals surface area contributed by atoms with Crippen molar-refractivity contribution >= 4 is 82.1 Å². The summed E-state index contributed by atoms with van der Waals surface area (Å²) in [6, 6.07) is 10.5. The molecule has 1 saturated heterocycles. The summed E-state index contributed by atoms with van der Waals surface area (Å²) in [6.45, 7) is 5.17. The van der Waals surface area contributed by atoms with Crippen LogP contribution in [0.4, 0.5) is 17.3 Å². The summed E-state index contributed by atoms with van der Waals surface area (Å²) >= 11 is 24.0. The number of nitrogens with zero attached hydrogens (tertiary/aromatic N) is 2. The summed E-state index contributed by atoms with van der Waals surface area (Å²) in [5, 5.41) is 7.99. The van der Waals surface area contributed by atoms with E-state index in [0.717, 1.165) is 5.69 Å². The maximum Gasteiger partial charge on any atom is 0.204 e. The molecular formula is C22H25Cl5N6O2. The van der Waals surface area contributed by atoms with Crippen LogP contribution in [0.2, 0.25) is 20.1 Å². The van der Waals surface area contributed by atoms with E-state index in [9.17, 15) is 0 Å². The number of rotatable bonds is 5. The quantitative estimate of drug-likeness (QED) is 0.198. The minimum absolute atomic E-state index is 0. The van der Waals surface area contributed by atoms with Crippen molar-refractivity contribution in [1.29, 1.82) is 0 Å². The molecule has 1 fully saturated rings. The van der Waals surface area contributed by atoms with Gasteiger partial charge in [0.15, 0.2) is 11.7 Å². The van der Waals surface area contributed by atoms with Gasteiger partial charge in [0, 0.05) is 11.9 Å². The molecular weight excluding hydrogens is 558 g/mol. The summed E-state index contributed by atoms with van der Waals surface area (Å²) in [4.78, 5) is 11.3. The molecule has 35 heavy (non-hydrogen) atoms. The average molecular weight is 583 g/mol. The lowest BCUT2D eigenvalue weighted by atomic mass is 10.3. The van der Waals surface area contributed by atoms with E-state index >= 15 is 0 Å². The van der Waals surface area contributed by atoms with Gasteiger partial charge in [0.05, 0.1) is 51.2 Å². The average Bonchev–Trinajstić information content (AvgIpc) is 3.41. The van der Waals surface area contributed by atoms with Crippen molar-refractivity contribution in [3.8, 4) is 0 Å². The van der Waals surface area contributed by atoms with Crippen LogP contribution in [0.3, 0.4) is 0 Å². The van der Waals surface area contributed by atoms with Gasteiger partial charge < -0.3 is 30.8 Å². The first kappa shape index (κ1) is 29.3. The molecule has 13 heteroatoms. The van der Waals surface area contributed by atoms with Gasteiger partial charge in [0.2, 0.25) is 5.95 Å². The van der Waals surface area contributed by atoms with Gasteiger partial charge in [-0.05, 0) is 38.1 Å². The highest BCUT2D eigenvalue weighted by atomic mass is 35.5. The second-order valence-electron chi connectivity index (χ2n) is 7.39. The molecule has 1 aliphatic rings. The topological polar surface area (TPSA) is 110 Å². The number of guanidine groups is 1. The van der Waals surface area contributed by atoms with Gasteiger partial charge in [-0.1, -0.05) is 58.5 Å². The predicted octanol–water partition coefficient (Wildman–Crippen LogP) is 6.67.